The van der Waals surface area contributed by atoms with Gasteiger partial charge in [0, 0.05) is 0 Å². The van der Waals surface area contributed by atoms with E-state index in [2.05, 4.69) is 0 Å². The normalized spacial score (nSPS) is 11.3. The minimum atomic E-state index is -4.06. The Hall–Kier alpha value is -2.77. The lowest BCUT2D eigenvalue weighted by Crippen LogP contribution is -2.36. The Balaban J connectivity index is 2.09. The monoisotopic (exact) mass is 433 g/mol. The third-order valence-electron chi connectivity index (χ3n) is 4.31. The lowest BCUT2D eigenvalue weighted by molar-refractivity contribution is -0.141. The lowest BCUT2D eigenvalue weighted by atomic mass is 10.1. The first-order valence-electron chi connectivity index (χ1n) is 8.87. The molecule has 152 valence electrons. The van der Waals surface area contributed by atoms with Crippen LogP contribution >= 0.6 is 11.6 Å². The fourth-order valence-electron chi connectivity index (χ4n) is 2.90. The highest BCUT2D eigenvalue weighted by molar-refractivity contribution is 7.92. The molecule has 0 saturated heterocycles. The van der Waals surface area contributed by atoms with Crippen LogP contribution in [-0.2, 0) is 19.6 Å². The van der Waals surface area contributed by atoms with Crippen molar-refractivity contribution >= 4 is 44.1 Å². The van der Waals surface area contributed by atoms with E-state index in [1.807, 2.05) is 24.3 Å². The van der Waals surface area contributed by atoms with Crippen molar-refractivity contribution in [1.29, 1.82) is 0 Å². The van der Waals surface area contributed by atoms with Crippen LogP contribution in [0.5, 0.6) is 5.75 Å². The molecule has 0 amide bonds. The summed E-state index contributed by atoms with van der Waals surface area (Å²) >= 11 is 6.18. The smallest absolute Gasteiger partial charge is 0.326 e. The number of carbonyl (C=O) groups is 1. The molecule has 0 aliphatic rings. The number of benzene rings is 3. The number of nitrogens with zero attached hydrogens (tertiary/aromatic N) is 1. The average Bonchev–Trinajstić information content (AvgIpc) is 2.71. The number of ether oxygens (including phenoxy) is 2. The molecule has 3 aromatic carbocycles. The van der Waals surface area contributed by atoms with E-state index in [9.17, 15) is 13.2 Å². The minimum absolute atomic E-state index is 0.0624. The van der Waals surface area contributed by atoms with E-state index in [1.165, 1.54) is 25.3 Å². The molecule has 0 saturated carbocycles. The second-order valence-electron chi connectivity index (χ2n) is 6.14. The number of hydrogen-bond acceptors (Lipinski definition) is 5. The fraction of sp³-hybridized carbons (Fsp3) is 0.190. The largest absolute Gasteiger partial charge is 0.495 e. The molecule has 0 atom stereocenters. The number of hydrogen-bond donors (Lipinski definition) is 0. The molecule has 0 bridgehead atoms. The Labute approximate surface area is 174 Å². The molecule has 0 aliphatic heterocycles. The summed E-state index contributed by atoms with van der Waals surface area (Å²) in [6, 6.07) is 16.8. The van der Waals surface area contributed by atoms with Crippen LogP contribution in [0.3, 0.4) is 0 Å². The van der Waals surface area contributed by atoms with Gasteiger partial charge in [-0.3, -0.25) is 9.10 Å². The van der Waals surface area contributed by atoms with E-state index in [-0.39, 0.29) is 22.2 Å². The van der Waals surface area contributed by atoms with Gasteiger partial charge in [-0.2, -0.15) is 0 Å². The number of esters is 1. The molecule has 0 radical (unpaired) electrons. The van der Waals surface area contributed by atoms with E-state index in [0.717, 1.165) is 15.1 Å². The van der Waals surface area contributed by atoms with Crippen LogP contribution in [0.4, 0.5) is 5.69 Å². The first-order valence-corrected chi connectivity index (χ1v) is 10.7. The zero-order valence-corrected chi connectivity index (χ0v) is 17.5. The van der Waals surface area contributed by atoms with Crippen molar-refractivity contribution in [3.63, 3.8) is 0 Å². The van der Waals surface area contributed by atoms with E-state index in [0.29, 0.717) is 5.75 Å². The SMILES string of the molecule is CCOC(=O)CN(c1ccc(OC)c(Cl)c1)S(=O)(=O)c1ccc2ccccc2c1. The number of methoxy groups -OCH3 is 1. The van der Waals surface area contributed by atoms with Gasteiger partial charge in [0.25, 0.3) is 10.0 Å². The van der Waals surface area contributed by atoms with E-state index >= 15 is 0 Å². The summed E-state index contributed by atoms with van der Waals surface area (Å²) in [5.41, 5.74) is 0.233. The Morgan fingerprint density at radius 1 is 1.03 bits per heavy atom. The Morgan fingerprint density at radius 2 is 1.76 bits per heavy atom. The Bertz CT molecular complexity index is 1150. The zero-order valence-electron chi connectivity index (χ0n) is 16.0. The highest BCUT2D eigenvalue weighted by Gasteiger charge is 2.28. The van der Waals surface area contributed by atoms with Crippen LogP contribution in [0.1, 0.15) is 6.92 Å². The number of anilines is 1. The highest BCUT2D eigenvalue weighted by Crippen LogP contribution is 2.32. The summed E-state index contributed by atoms with van der Waals surface area (Å²) in [6.07, 6.45) is 0. The standard InChI is InChI=1S/C21H20ClNO5S/c1-3-28-21(24)14-23(17-9-11-20(27-2)19(22)13-17)29(25,26)18-10-8-15-6-4-5-7-16(15)12-18/h4-13H,3,14H2,1-2H3. The molecule has 0 N–H and O–H groups in total. The van der Waals surface area contributed by atoms with Gasteiger partial charge in [-0.05, 0) is 48.0 Å². The summed E-state index contributed by atoms with van der Waals surface area (Å²) in [4.78, 5) is 12.2. The molecule has 0 unspecified atom stereocenters. The maximum absolute atomic E-state index is 13.4. The maximum Gasteiger partial charge on any atom is 0.326 e. The maximum atomic E-state index is 13.4. The van der Waals surface area contributed by atoms with Crippen molar-refractivity contribution < 1.29 is 22.7 Å². The van der Waals surface area contributed by atoms with E-state index in [1.54, 1.807) is 25.1 Å². The number of halogens is 1. The lowest BCUT2D eigenvalue weighted by Gasteiger charge is -2.24. The molecule has 8 heteroatoms. The first-order chi connectivity index (χ1) is 13.9. The van der Waals surface area contributed by atoms with Crippen LogP contribution in [0.2, 0.25) is 5.02 Å². The molecule has 29 heavy (non-hydrogen) atoms. The summed E-state index contributed by atoms with van der Waals surface area (Å²) in [7, 11) is -2.60. The predicted molar refractivity (Wildman–Crippen MR) is 113 cm³/mol. The van der Waals surface area contributed by atoms with Crippen molar-refractivity contribution in [3.05, 3.63) is 65.7 Å². The second-order valence-corrected chi connectivity index (χ2v) is 8.41. The van der Waals surface area contributed by atoms with Gasteiger partial charge < -0.3 is 9.47 Å². The summed E-state index contributed by atoms with van der Waals surface area (Å²) < 4.78 is 37.9. The van der Waals surface area contributed by atoms with Crippen LogP contribution in [-0.4, -0.2) is 34.6 Å². The van der Waals surface area contributed by atoms with Gasteiger partial charge in [0.15, 0.2) is 0 Å². The predicted octanol–water partition coefficient (Wildman–Crippen LogP) is 4.26. The third-order valence-corrected chi connectivity index (χ3v) is 6.38. The summed E-state index contributed by atoms with van der Waals surface area (Å²) in [5.74, 6) is -0.265. The van der Waals surface area contributed by atoms with E-state index in [4.69, 9.17) is 21.1 Å². The molecule has 3 rings (SSSR count). The number of sulfonamides is 1. The van der Waals surface area contributed by atoms with Gasteiger partial charge in [-0.1, -0.05) is 41.9 Å². The van der Waals surface area contributed by atoms with Crippen molar-refractivity contribution in [3.8, 4) is 5.75 Å². The van der Waals surface area contributed by atoms with Gasteiger partial charge in [0.05, 0.1) is 29.3 Å². The van der Waals surface area contributed by atoms with Crippen molar-refractivity contribution in [1.82, 2.24) is 0 Å². The topological polar surface area (TPSA) is 72.9 Å². The number of rotatable bonds is 7. The molecule has 0 spiro atoms. The molecule has 0 heterocycles. The third kappa shape index (κ3) is 4.46. The molecule has 0 aromatic heterocycles. The molecule has 0 aliphatic carbocycles. The highest BCUT2D eigenvalue weighted by atomic mass is 35.5. The van der Waals surface area contributed by atoms with Crippen molar-refractivity contribution in [2.24, 2.45) is 0 Å². The quantitative estimate of drug-likeness (QED) is 0.520. The minimum Gasteiger partial charge on any atom is -0.495 e. The molecular formula is C21H20ClNO5S. The van der Waals surface area contributed by atoms with Crippen molar-refractivity contribution in [2.75, 3.05) is 24.6 Å². The van der Waals surface area contributed by atoms with Crippen molar-refractivity contribution in [2.45, 2.75) is 11.8 Å². The summed E-state index contributed by atoms with van der Waals surface area (Å²) in [6.45, 7) is 1.32. The fourth-order valence-corrected chi connectivity index (χ4v) is 4.59. The number of fused-ring (bicyclic) bond motifs is 1. The molecular weight excluding hydrogens is 414 g/mol. The second kappa shape index (κ2) is 8.71. The van der Waals surface area contributed by atoms with Gasteiger partial charge in [-0.15, -0.1) is 0 Å². The Morgan fingerprint density at radius 3 is 2.41 bits per heavy atom. The van der Waals surface area contributed by atoms with Crippen LogP contribution in [0, 0.1) is 0 Å². The number of carbonyl (C=O) groups excluding carboxylic acids is 1. The molecule has 3 aromatic rings. The van der Waals surface area contributed by atoms with Crippen LogP contribution in [0.25, 0.3) is 10.8 Å². The summed E-state index contributed by atoms with van der Waals surface area (Å²) in [5, 5.41) is 1.92. The van der Waals surface area contributed by atoms with E-state index < -0.39 is 22.5 Å². The van der Waals surface area contributed by atoms with Gasteiger partial charge >= 0.3 is 5.97 Å². The average molecular weight is 434 g/mol. The molecule has 0 fully saturated rings. The van der Waals surface area contributed by atoms with Crippen LogP contribution < -0.4 is 9.04 Å². The van der Waals surface area contributed by atoms with Crippen LogP contribution in [0.15, 0.2) is 65.6 Å². The van der Waals surface area contributed by atoms with Gasteiger partial charge in [0.1, 0.15) is 12.3 Å². The van der Waals surface area contributed by atoms with Gasteiger partial charge in [0.2, 0.25) is 0 Å². The molecule has 6 nitrogen and oxygen atoms in total. The first kappa shape index (κ1) is 21.0. The van der Waals surface area contributed by atoms with Gasteiger partial charge in [-0.25, -0.2) is 8.42 Å². The Kier molecular flexibility index (Phi) is 6.30. The zero-order chi connectivity index (χ0) is 21.0.